The third-order valence-electron chi connectivity index (χ3n) is 21.0. The van der Waals surface area contributed by atoms with Crippen molar-refractivity contribution in [3.8, 4) is 28.2 Å². The van der Waals surface area contributed by atoms with Gasteiger partial charge < -0.3 is 27.9 Å². The van der Waals surface area contributed by atoms with Crippen molar-refractivity contribution < 1.29 is 4.42 Å². The van der Waals surface area contributed by atoms with Crippen LogP contribution in [0.5, 0.6) is 0 Å². The highest BCUT2D eigenvalue weighted by atomic mass is 16.3. The normalized spacial score (nSPS) is 14.6. The molecule has 13 aromatic carbocycles. The van der Waals surface area contributed by atoms with Crippen molar-refractivity contribution in [3.05, 3.63) is 290 Å². The van der Waals surface area contributed by atoms with E-state index in [1.807, 2.05) is 0 Å². The fourth-order valence-corrected chi connectivity index (χ4v) is 17.3. The van der Waals surface area contributed by atoms with Crippen LogP contribution in [0.3, 0.4) is 0 Å². The van der Waals surface area contributed by atoms with Crippen molar-refractivity contribution in [3.63, 3.8) is 0 Å². The number of furan rings is 1. The van der Waals surface area contributed by atoms with E-state index in [1.165, 1.54) is 93.0 Å². The second-order valence-corrected chi connectivity index (χ2v) is 27.1. The zero-order chi connectivity index (χ0) is 60.9. The molecule has 0 spiro atoms. The first-order chi connectivity index (χ1) is 45.1. The molecular weight excluding hydrogens is 1120 g/mol. The Bertz CT molecular complexity index is 5870. The summed E-state index contributed by atoms with van der Waals surface area (Å²) < 4.78 is 14.3. The third kappa shape index (κ3) is 7.16. The summed E-state index contributed by atoms with van der Waals surface area (Å²) in [5, 5.41) is 9.56. The molecule has 20 rings (SSSR count). The average molecular weight is 1180 g/mol. The van der Waals surface area contributed by atoms with Gasteiger partial charge in [-0.1, -0.05) is 198 Å². The molecule has 0 saturated carbocycles. The molecule has 4 aromatic heterocycles. The van der Waals surface area contributed by atoms with Crippen molar-refractivity contribution in [2.45, 2.75) is 44.9 Å². The van der Waals surface area contributed by atoms with Gasteiger partial charge in [0.25, 0.3) is 6.71 Å². The van der Waals surface area contributed by atoms with Gasteiger partial charge in [-0.05, 0) is 159 Å². The highest BCUT2D eigenvalue weighted by molar-refractivity contribution is 7.00. The topological polar surface area (TPSA) is 34.4 Å². The smallest absolute Gasteiger partial charge is 0.252 e. The maximum atomic E-state index is 6.85. The SMILES string of the molecule is CC1(C)CC(C)(C)c2cc(-c3ccc(N4c5cc(-n6c7ccccc7c7ccccc76)ccc5B5c6ccc(-n7c8ccccc8c8ccccc87)cc6N(c6ccc7c(c6)oc6ccccc67)c6cc(-n7c8ccccc8c8ccccc87)cc4c65)cc3)ccc21. The molecule has 6 nitrogen and oxygen atoms in total. The average Bonchev–Trinajstić information content (AvgIpc) is 0.957. The first kappa shape index (κ1) is 51.6. The Morgan fingerprint density at radius 1 is 0.293 bits per heavy atom. The lowest BCUT2D eigenvalue weighted by Crippen LogP contribution is -2.61. The number of fused-ring (bicyclic) bond motifs is 17. The summed E-state index contributed by atoms with van der Waals surface area (Å²) in [7, 11) is 0. The molecule has 0 unspecified atom stereocenters. The standard InChI is InChI=1S/C85H60BN5O/c1-84(2)51-85(3,4)68-45-53(35-42-67(68)84)52-33-36-54(37-34-52)87-77-46-55(88-71-26-12-5-19-59(71)60-20-6-13-27-72(60)88)39-43-69(77)86-70-44-40-56(89-73-28-14-7-21-61(73)62-22-8-15-29-74(62)89)47-78(70)90(57-38-41-66-65-25-11-18-32-81(65)92-82(66)50-57)80-49-58(48-79(87)83(80)86)91-75-30-16-9-23-63(75)64-24-10-17-31-76(64)91/h5-50H,51H2,1-4H3. The summed E-state index contributed by atoms with van der Waals surface area (Å²) in [5.41, 5.74) is 27.8. The number of nitrogens with zero attached hydrogens (tertiary/aromatic N) is 5. The maximum absolute atomic E-state index is 6.85. The molecule has 6 heterocycles. The van der Waals surface area contributed by atoms with Gasteiger partial charge in [0.2, 0.25) is 0 Å². The molecule has 7 heteroatoms. The molecule has 0 radical (unpaired) electrons. The van der Waals surface area contributed by atoms with Crippen LogP contribution in [0.25, 0.3) is 116 Å². The molecule has 0 saturated heterocycles. The van der Waals surface area contributed by atoms with E-state index in [9.17, 15) is 0 Å². The van der Waals surface area contributed by atoms with Gasteiger partial charge in [-0.2, -0.15) is 0 Å². The summed E-state index contributed by atoms with van der Waals surface area (Å²) in [5.74, 6) is 0. The van der Waals surface area contributed by atoms with Crippen LogP contribution in [0.4, 0.5) is 34.1 Å². The van der Waals surface area contributed by atoms with Crippen molar-refractivity contribution in [1.82, 2.24) is 13.7 Å². The fourth-order valence-electron chi connectivity index (χ4n) is 17.3. The van der Waals surface area contributed by atoms with Crippen LogP contribution >= 0.6 is 0 Å². The van der Waals surface area contributed by atoms with Crippen molar-refractivity contribution in [2.24, 2.45) is 0 Å². The van der Waals surface area contributed by atoms with Gasteiger partial charge in [-0.3, -0.25) is 0 Å². The van der Waals surface area contributed by atoms with Gasteiger partial charge in [0.1, 0.15) is 11.2 Å². The Labute approximate surface area is 532 Å². The van der Waals surface area contributed by atoms with Gasteiger partial charge in [0, 0.05) is 94.7 Å². The van der Waals surface area contributed by atoms with Crippen molar-refractivity contribution >= 4 is 145 Å². The minimum atomic E-state index is -0.183. The number of rotatable bonds is 6. The van der Waals surface area contributed by atoms with Gasteiger partial charge in [-0.15, -0.1) is 0 Å². The van der Waals surface area contributed by atoms with E-state index in [0.29, 0.717) is 0 Å². The molecule has 2 aliphatic heterocycles. The summed E-state index contributed by atoms with van der Waals surface area (Å²) in [4.78, 5) is 5.15. The van der Waals surface area contributed by atoms with Crippen LogP contribution in [-0.2, 0) is 10.8 Å². The number of aromatic nitrogens is 3. The van der Waals surface area contributed by atoms with Crippen LogP contribution < -0.4 is 26.2 Å². The molecule has 434 valence electrons. The van der Waals surface area contributed by atoms with E-state index >= 15 is 0 Å². The lowest BCUT2D eigenvalue weighted by Gasteiger charge is -2.44. The zero-order valence-electron chi connectivity index (χ0n) is 51.5. The van der Waals surface area contributed by atoms with Crippen LogP contribution in [0.15, 0.2) is 283 Å². The molecule has 0 bridgehead atoms. The molecule has 17 aromatic rings. The Balaban J connectivity index is 0.900. The summed E-state index contributed by atoms with van der Waals surface area (Å²) in [6.07, 6.45) is 1.13. The van der Waals surface area contributed by atoms with Gasteiger partial charge in [0.15, 0.2) is 0 Å². The number of hydrogen-bond donors (Lipinski definition) is 0. The predicted octanol–water partition coefficient (Wildman–Crippen LogP) is 20.6. The van der Waals surface area contributed by atoms with Gasteiger partial charge in [-0.25, -0.2) is 0 Å². The monoisotopic (exact) mass is 1180 g/mol. The van der Waals surface area contributed by atoms with Gasteiger partial charge in [0.05, 0.1) is 38.8 Å². The molecule has 92 heavy (non-hydrogen) atoms. The first-order valence-corrected chi connectivity index (χ1v) is 32.3. The molecule has 0 atom stereocenters. The van der Waals surface area contributed by atoms with E-state index < -0.39 is 0 Å². The van der Waals surface area contributed by atoms with Crippen LogP contribution in [0.2, 0.25) is 0 Å². The van der Waals surface area contributed by atoms with E-state index in [-0.39, 0.29) is 17.5 Å². The molecule has 0 fully saturated rings. The van der Waals surface area contributed by atoms with E-state index in [4.69, 9.17) is 4.42 Å². The van der Waals surface area contributed by atoms with Crippen LogP contribution in [0.1, 0.15) is 45.2 Å². The predicted molar refractivity (Wildman–Crippen MR) is 387 cm³/mol. The fraction of sp³-hybridized carbons (Fsp3) is 0.0824. The Kier molecular flexibility index (Phi) is 10.5. The number of para-hydroxylation sites is 7. The van der Waals surface area contributed by atoms with Crippen LogP contribution in [-0.4, -0.2) is 20.4 Å². The van der Waals surface area contributed by atoms with E-state index in [0.717, 1.165) is 90.6 Å². The van der Waals surface area contributed by atoms with E-state index in [1.54, 1.807) is 0 Å². The molecule has 1 aliphatic carbocycles. The minimum absolute atomic E-state index is 0.0777. The van der Waals surface area contributed by atoms with E-state index in [2.05, 4.69) is 330 Å². The number of hydrogen-bond acceptors (Lipinski definition) is 3. The molecule has 0 N–H and O–H groups in total. The maximum Gasteiger partial charge on any atom is 0.252 e. The summed E-state index contributed by atoms with van der Waals surface area (Å²) >= 11 is 0. The summed E-state index contributed by atoms with van der Waals surface area (Å²) in [6.45, 7) is 9.45. The highest BCUT2D eigenvalue weighted by Crippen LogP contribution is 2.52. The lowest BCUT2D eigenvalue weighted by molar-refractivity contribution is 0.403. The molecule has 3 aliphatic rings. The first-order valence-electron chi connectivity index (χ1n) is 32.3. The lowest BCUT2D eigenvalue weighted by atomic mass is 9.33. The number of benzene rings is 13. The second kappa shape index (κ2) is 18.7. The second-order valence-electron chi connectivity index (χ2n) is 27.1. The zero-order valence-corrected chi connectivity index (χ0v) is 51.5. The van der Waals surface area contributed by atoms with Crippen molar-refractivity contribution in [1.29, 1.82) is 0 Å². The Hall–Kier alpha value is -11.3. The van der Waals surface area contributed by atoms with Crippen molar-refractivity contribution in [2.75, 3.05) is 9.80 Å². The Morgan fingerprint density at radius 3 is 1.17 bits per heavy atom. The quantitative estimate of drug-likeness (QED) is 0.156. The van der Waals surface area contributed by atoms with Crippen LogP contribution in [0, 0.1) is 0 Å². The molecular formula is C85H60BN5O. The van der Waals surface area contributed by atoms with Gasteiger partial charge >= 0.3 is 0 Å². The number of anilines is 6. The summed E-state index contributed by atoms with van der Waals surface area (Å²) in [6, 6.07) is 105. The Morgan fingerprint density at radius 2 is 0.674 bits per heavy atom. The minimum Gasteiger partial charge on any atom is -0.456 e. The largest absolute Gasteiger partial charge is 0.456 e. The third-order valence-corrected chi connectivity index (χ3v) is 21.0. The molecule has 0 amide bonds. The highest BCUT2D eigenvalue weighted by Gasteiger charge is 2.45.